The largest absolute Gasteiger partial charge is 0.388 e. The van der Waals surface area contributed by atoms with Crippen LogP contribution >= 0.6 is 11.6 Å². The minimum absolute atomic E-state index is 0.267. The molecule has 0 aliphatic heterocycles. The SMILES string of the molecule is CCC(C)(O)CNc1nc(NN)ncc1Cl. The average molecular weight is 246 g/mol. The van der Waals surface area contributed by atoms with E-state index in [1.54, 1.807) is 6.92 Å². The molecular weight excluding hydrogens is 230 g/mol. The molecule has 6 nitrogen and oxygen atoms in total. The number of nitrogens with one attached hydrogen (secondary N) is 2. The molecule has 1 aromatic rings. The van der Waals surface area contributed by atoms with E-state index in [2.05, 4.69) is 20.7 Å². The van der Waals surface area contributed by atoms with Gasteiger partial charge in [0.2, 0.25) is 5.95 Å². The van der Waals surface area contributed by atoms with Crippen molar-refractivity contribution in [3.8, 4) is 0 Å². The Hall–Kier alpha value is -1.11. The van der Waals surface area contributed by atoms with Gasteiger partial charge in [0.25, 0.3) is 0 Å². The molecule has 0 radical (unpaired) electrons. The van der Waals surface area contributed by atoms with Gasteiger partial charge in [0.15, 0.2) is 5.82 Å². The predicted molar refractivity (Wildman–Crippen MR) is 64.3 cm³/mol. The van der Waals surface area contributed by atoms with Crippen LogP contribution < -0.4 is 16.6 Å². The molecule has 1 heterocycles. The van der Waals surface area contributed by atoms with Gasteiger partial charge in [-0.2, -0.15) is 4.98 Å². The average Bonchev–Trinajstić information content (AvgIpc) is 2.28. The molecule has 0 fully saturated rings. The molecule has 1 aromatic heterocycles. The number of rotatable bonds is 5. The highest BCUT2D eigenvalue weighted by atomic mass is 35.5. The van der Waals surface area contributed by atoms with E-state index in [4.69, 9.17) is 17.4 Å². The Balaban J connectivity index is 2.73. The molecule has 0 aliphatic carbocycles. The number of nitrogen functional groups attached to an aromatic ring is 1. The second kappa shape index (κ2) is 5.29. The summed E-state index contributed by atoms with van der Waals surface area (Å²) in [4.78, 5) is 7.87. The van der Waals surface area contributed by atoms with Crippen molar-refractivity contribution in [2.45, 2.75) is 25.9 Å². The van der Waals surface area contributed by atoms with Crippen LogP contribution in [0.5, 0.6) is 0 Å². The lowest BCUT2D eigenvalue weighted by atomic mass is 10.0. The molecule has 0 bridgehead atoms. The van der Waals surface area contributed by atoms with E-state index in [0.29, 0.717) is 23.8 Å². The van der Waals surface area contributed by atoms with Crippen molar-refractivity contribution in [1.82, 2.24) is 9.97 Å². The fourth-order valence-corrected chi connectivity index (χ4v) is 1.12. The molecule has 5 N–H and O–H groups in total. The summed E-state index contributed by atoms with van der Waals surface area (Å²) >= 11 is 5.89. The zero-order valence-electron chi connectivity index (χ0n) is 9.29. The number of aromatic nitrogens is 2. The van der Waals surface area contributed by atoms with Gasteiger partial charge in [-0.05, 0) is 13.3 Å². The predicted octanol–water partition coefficient (Wildman–Crippen LogP) is 0.988. The molecule has 1 unspecified atom stereocenters. The number of nitrogens with two attached hydrogens (primary N) is 1. The Labute approximate surface area is 99.2 Å². The highest BCUT2D eigenvalue weighted by Crippen LogP contribution is 2.20. The first kappa shape index (κ1) is 13.0. The van der Waals surface area contributed by atoms with Gasteiger partial charge in [0, 0.05) is 6.54 Å². The van der Waals surface area contributed by atoms with Gasteiger partial charge in [0.1, 0.15) is 5.02 Å². The van der Waals surface area contributed by atoms with Crippen LogP contribution in [0.2, 0.25) is 5.02 Å². The first-order chi connectivity index (χ1) is 7.48. The van der Waals surface area contributed by atoms with Crippen molar-refractivity contribution in [3.05, 3.63) is 11.2 Å². The van der Waals surface area contributed by atoms with Crippen LogP contribution in [0.4, 0.5) is 11.8 Å². The monoisotopic (exact) mass is 245 g/mol. The van der Waals surface area contributed by atoms with Crippen molar-refractivity contribution in [2.24, 2.45) is 5.84 Å². The number of halogens is 1. The van der Waals surface area contributed by atoms with Crippen LogP contribution in [-0.4, -0.2) is 27.2 Å². The quantitative estimate of drug-likeness (QED) is 0.456. The van der Waals surface area contributed by atoms with Crippen molar-refractivity contribution in [3.63, 3.8) is 0 Å². The van der Waals surface area contributed by atoms with E-state index in [-0.39, 0.29) is 5.95 Å². The second-order valence-corrected chi connectivity index (χ2v) is 4.15. The lowest BCUT2D eigenvalue weighted by Crippen LogP contribution is -2.32. The van der Waals surface area contributed by atoms with Gasteiger partial charge in [-0.25, -0.2) is 10.8 Å². The maximum absolute atomic E-state index is 9.81. The number of aliphatic hydroxyl groups is 1. The van der Waals surface area contributed by atoms with Crippen molar-refractivity contribution >= 4 is 23.4 Å². The van der Waals surface area contributed by atoms with Gasteiger partial charge in [-0.1, -0.05) is 18.5 Å². The maximum atomic E-state index is 9.81. The fraction of sp³-hybridized carbons (Fsp3) is 0.556. The number of hydrogen-bond donors (Lipinski definition) is 4. The van der Waals surface area contributed by atoms with Crippen LogP contribution in [0, 0.1) is 0 Å². The summed E-state index contributed by atoms with van der Waals surface area (Å²) in [7, 11) is 0. The Morgan fingerprint density at radius 1 is 1.62 bits per heavy atom. The standard InChI is InChI=1S/C9H16ClN5O/c1-3-9(2,16)5-13-7-6(10)4-12-8(14-7)15-11/h4,16H,3,5,11H2,1-2H3,(H2,12,13,14,15). The maximum Gasteiger partial charge on any atom is 0.239 e. The minimum atomic E-state index is -0.801. The zero-order chi connectivity index (χ0) is 12.2. The van der Waals surface area contributed by atoms with E-state index in [1.165, 1.54) is 6.20 Å². The van der Waals surface area contributed by atoms with E-state index in [0.717, 1.165) is 0 Å². The van der Waals surface area contributed by atoms with Crippen LogP contribution in [0.15, 0.2) is 6.20 Å². The lowest BCUT2D eigenvalue weighted by molar-refractivity contribution is 0.0696. The topological polar surface area (TPSA) is 96.1 Å². The third-order valence-corrected chi connectivity index (χ3v) is 2.55. The fourth-order valence-electron chi connectivity index (χ4n) is 0.960. The van der Waals surface area contributed by atoms with E-state index < -0.39 is 5.60 Å². The summed E-state index contributed by atoms with van der Waals surface area (Å²) in [6.07, 6.45) is 2.07. The number of hydrazine groups is 1. The summed E-state index contributed by atoms with van der Waals surface area (Å²) in [6, 6.07) is 0. The third kappa shape index (κ3) is 3.48. The number of anilines is 2. The first-order valence-corrected chi connectivity index (χ1v) is 5.31. The van der Waals surface area contributed by atoms with Crippen LogP contribution in [-0.2, 0) is 0 Å². The summed E-state index contributed by atoms with van der Waals surface area (Å²) < 4.78 is 0. The Morgan fingerprint density at radius 3 is 2.88 bits per heavy atom. The highest BCUT2D eigenvalue weighted by molar-refractivity contribution is 6.32. The molecule has 16 heavy (non-hydrogen) atoms. The number of hydrogen-bond acceptors (Lipinski definition) is 6. The normalized spacial score (nSPS) is 14.3. The van der Waals surface area contributed by atoms with E-state index >= 15 is 0 Å². The second-order valence-electron chi connectivity index (χ2n) is 3.74. The van der Waals surface area contributed by atoms with Crippen LogP contribution in [0.25, 0.3) is 0 Å². The molecule has 0 saturated heterocycles. The van der Waals surface area contributed by atoms with Crippen LogP contribution in [0.3, 0.4) is 0 Å². The Morgan fingerprint density at radius 2 is 2.31 bits per heavy atom. The molecule has 1 rings (SSSR count). The minimum Gasteiger partial charge on any atom is -0.388 e. The summed E-state index contributed by atoms with van der Waals surface area (Å²) in [5, 5.41) is 13.1. The Bertz CT molecular complexity index is 358. The molecule has 0 spiro atoms. The molecule has 0 aromatic carbocycles. The molecule has 0 aliphatic rings. The van der Waals surface area contributed by atoms with Crippen LogP contribution in [0.1, 0.15) is 20.3 Å². The molecule has 0 saturated carbocycles. The molecular formula is C9H16ClN5O. The van der Waals surface area contributed by atoms with Gasteiger partial charge in [0.05, 0.1) is 11.8 Å². The molecule has 7 heteroatoms. The van der Waals surface area contributed by atoms with E-state index in [9.17, 15) is 5.11 Å². The summed E-state index contributed by atoms with van der Waals surface area (Å²) in [5.74, 6) is 5.89. The van der Waals surface area contributed by atoms with E-state index in [1.807, 2.05) is 6.92 Å². The van der Waals surface area contributed by atoms with Gasteiger partial charge in [-0.3, -0.25) is 5.43 Å². The lowest BCUT2D eigenvalue weighted by Gasteiger charge is -2.22. The van der Waals surface area contributed by atoms with Crippen molar-refractivity contribution < 1.29 is 5.11 Å². The molecule has 1 atom stereocenters. The molecule has 90 valence electrons. The highest BCUT2D eigenvalue weighted by Gasteiger charge is 2.18. The molecule has 0 amide bonds. The summed E-state index contributed by atoms with van der Waals surface area (Å²) in [5.41, 5.74) is 1.52. The van der Waals surface area contributed by atoms with Gasteiger partial charge in [-0.15, -0.1) is 0 Å². The van der Waals surface area contributed by atoms with Gasteiger partial charge < -0.3 is 10.4 Å². The van der Waals surface area contributed by atoms with Crippen molar-refractivity contribution in [2.75, 3.05) is 17.3 Å². The first-order valence-electron chi connectivity index (χ1n) is 4.94. The van der Waals surface area contributed by atoms with Crippen molar-refractivity contribution in [1.29, 1.82) is 0 Å². The smallest absolute Gasteiger partial charge is 0.239 e. The summed E-state index contributed by atoms with van der Waals surface area (Å²) in [6.45, 7) is 3.98. The zero-order valence-corrected chi connectivity index (χ0v) is 10.0. The number of nitrogens with zero attached hydrogens (tertiary/aromatic N) is 2. The Kier molecular flexibility index (Phi) is 4.28. The third-order valence-electron chi connectivity index (χ3n) is 2.27. The van der Waals surface area contributed by atoms with Gasteiger partial charge >= 0.3 is 0 Å².